The Morgan fingerprint density at radius 3 is 2.52 bits per heavy atom. The number of carboxylic acids is 1. The van der Waals surface area contributed by atoms with E-state index < -0.39 is 5.97 Å². The average Bonchev–Trinajstić information content (AvgIpc) is 3.04. The van der Waals surface area contributed by atoms with Gasteiger partial charge in [0, 0.05) is 19.5 Å². The molecule has 6 nitrogen and oxygen atoms in total. The highest BCUT2D eigenvalue weighted by Gasteiger charge is 2.15. The van der Waals surface area contributed by atoms with E-state index in [-0.39, 0.29) is 12.5 Å². The zero-order valence-corrected chi connectivity index (χ0v) is 12.8. The number of benzene rings is 1. The number of carbonyl (C=O) groups excluding carboxylic acids is 1. The summed E-state index contributed by atoms with van der Waals surface area (Å²) in [5, 5.41) is 11.4. The van der Waals surface area contributed by atoms with E-state index in [1.165, 1.54) is 0 Å². The van der Waals surface area contributed by atoms with Crippen LogP contribution < -0.4 is 5.32 Å². The van der Waals surface area contributed by atoms with Gasteiger partial charge in [0.25, 0.3) is 0 Å². The van der Waals surface area contributed by atoms with Crippen molar-refractivity contribution in [2.24, 2.45) is 0 Å². The van der Waals surface area contributed by atoms with Crippen molar-refractivity contribution in [1.29, 1.82) is 0 Å². The monoisotopic (exact) mass is 316 g/mol. The van der Waals surface area contributed by atoms with Crippen molar-refractivity contribution in [2.45, 2.75) is 25.9 Å². The van der Waals surface area contributed by atoms with Crippen LogP contribution in [0.5, 0.6) is 0 Å². The standard InChI is InChI=1S/C17H20N2O4/c20-16(21)9-4-10-18-17(22)19(13-15-8-5-11-23-15)12-14-6-2-1-3-7-14/h1-3,5-8,11H,4,9-10,12-13H2,(H,18,22)(H,20,21). The van der Waals surface area contributed by atoms with E-state index in [1.807, 2.05) is 36.4 Å². The molecule has 0 radical (unpaired) electrons. The maximum Gasteiger partial charge on any atom is 0.318 e. The van der Waals surface area contributed by atoms with Crippen LogP contribution in [-0.2, 0) is 17.9 Å². The van der Waals surface area contributed by atoms with E-state index in [0.717, 1.165) is 5.56 Å². The average molecular weight is 316 g/mol. The molecule has 0 atom stereocenters. The molecule has 122 valence electrons. The van der Waals surface area contributed by atoms with Gasteiger partial charge in [0.15, 0.2) is 0 Å². The molecule has 1 aromatic carbocycles. The minimum atomic E-state index is -0.865. The largest absolute Gasteiger partial charge is 0.481 e. The molecule has 0 spiro atoms. The van der Waals surface area contributed by atoms with E-state index in [0.29, 0.717) is 31.8 Å². The minimum absolute atomic E-state index is 0.0388. The number of furan rings is 1. The van der Waals surface area contributed by atoms with Crippen LogP contribution in [0.3, 0.4) is 0 Å². The first-order valence-corrected chi connectivity index (χ1v) is 7.46. The maximum atomic E-state index is 12.3. The Hall–Kier alpha value is -2.76. The highest BCUT2D eigenvalue weighted by atomic mass is 16.4. The zero-order valence-electron chi connectivity index (χ0n) is 12.8. The molecule has 0 aliphatic rings. The van der Waals surface area contributed by atoms with Gasteiger partial charge in [0.05, 0.1) is 12.8 Å². The lowest BCUT2D eigenvalue weighted by Crippen LogP contribution is -2.39. The molecule has 1 heterocycles. The summed E-state index contributed by atoms with van der Waals surface area (Å²) >= 11 is 0. The lowest BCUT2D eigenvalue weighted by atomic mass is 10.2. The lowest BCUT2D eigenvalue weighted by Gasteiger charge is -2.22. The first kappa shape index (κ1) is 16.6. The maximum absolute atomic E-state index is 12.3. The fourth-order valence-corrected chi connectivity index (χ4v) is 2.14. The quantitative estimate of drug-likeness (QED) is 0.734. The predicted octanol–water partition coefficient (Wildman–Crippen LogP) is 2.86. The van der Waals surface area contributed by atoms with Crippen molar-refractivity contribution < 1.29 is 19.1 Å². The Bertz CT molecular complexity index is 611. The van der Waals surface area contributed by atoms with Gasteiger partial charge in [-0.05, 0) is 24.1 Å². The molecule has 0 fully saturated rings. The fraction of sp³-hybridized carbons (Fsp3) is 0.294. The second-order valence-corrected chi connectivity index (χ2v) is 5.15. The number of hydrogen-bond acceptors (Lipinski definition) is 3. The van der Waals surface area contributed by atoms with E-state index in [4.69, 9.17) is 9.52 Å². The topological polar surface area (TPSA) is 82.8 Å². The molecule has 0 unspecified atom stereocenters. The molecule has 0 aliphatic heterocycles. The molecule has 6 heteroatoms. The van der Waals surface area contributed by atoms with Gasteiger partial charge < -0.3 is 19.7 Å². The molecule has 2 rings (SSSR count). The van der Waals surface area contributed by atoms with Crippen LogP contribution in [0.15, 0.2) is 53.1 Å². The lowest BCUT2D eigenvalue weighted by molar-refractivity contribution is -0.137. The number of nitrogens with zero attached hydrogens (tertiary/aromatic N) is 1. The minimum Gasteiger partial charge on any atom is -0.481 e. The molecular formula is C17H20N2O4. The van der Waals surface area contributed by atoms with E-state index in [2.05, 4.69) is 5.32 Å². The van der Waals surface area contributed by atoms with Crippen LogP contribution in [0.25, 0.3) is 0 Å². The second kappa shape index (κ2) is 8.63. The Labute approximate surface area is 134 Å². The number of carboxylic acid groups (broad SMARTS) is 1. The second-order valence-electron chi connectivity index (χ2n) is 5.15. The first-order chi connectivity index (χ1) is 11.1. The highest BCUT2D eigenvalue weighted by Crippen LogP contribution is 2.10. The normalized spacial score (nSPS) is 10.3. The number of hydrogen-bond donors (Lipinski definition) is 2. The van der Waals surface area contributed by atoms with Crippen LogP contribution in [0.2, 0.25) is 0 Å². The van der Waals surface area contributed by atoms with Gasteiger partial charge in [0.2, 0.25) is 0 Å². The van der Waals surface area contributed by atoms with Gasteiger partial charge in [-0.15, -0.1) is 0 Å². The SMILES string of the molecule is O=C(O)CCCNC(=O)N(Cc1ccccc1)Cc1ccco1. The Balaban J connectivity index is 1.94. The van der Waals surface area contributed by atoms with Crippen molar-refractivity contribution in [3.63, 3.8) is 0 Å². The van der Waals surface area contributed by atoms with Crippen LogP contribution in [-0.4, -0.2) is 28.6 Å². The number of aliphatic carboxylic acids is 1. The molecule has 23 heavy (non-hydrogen) atoms. The molecule has 2 amide bonds. The van der Waals surface area contributed by atoms with Crippen molar-refractivity contribution >= 4 is 12.0 Å². The van der Waals surface area contributed by atoms with E-state index in [1.54, 1.807) is 17.2 Å². The Morgan fingerprint density at radius 1 is 1.09 bits per heavy atom. The van der Waals surface area contributed by atoms with Gasteiger partial charge in [-0.1, -0.05) is 30.3 Å². The van der Waals surface area contributed by atoms with Gasteiger partial charge in [-0.2, -0.15) is 0 Å². The smallest absolute Gasteiger partial charge is 0.318 e. The first-order valence-electron chi connectivity index (χ1n) is 7.46. The molecule has 0 saturated carbocycles. The van der Waals surface area contributed by atoms with Crippen LogP contribution in [0.4, 0.5) is 4.79 Å². The summed E-state index contributed by atoms with van der Waals surface area (Å²) < 4.78 is 5.31. The summed E-state index contributed by atoms with van der Waals surface area (Å²) in [6.07, 6.45) is 2.01. The molecule has 2 aromatic rings. The number of rotatable bonds is 8. The molecule has 0 aliphatic carbocycles. The van der Waals surface area contributed by atoms with Crippen molar-refractivity contribution in [3.05, 3.63) is 60.1 Å². The summed E-state index contributed by atoms with van der Waals surface area (Å²) in [5.41, 5.74) is 1.01. The van der Waals surface area contributed by atoms with Gasteiger partial charge >= 0.3 is 12.0 Å². The number of carbonyl (C=O) groups is 2. The van der Waals surface area contributed by atoms with Crippen LogP contribution in [0.1, 0.15) is 24.2 Å². The molecule has 2 N–H and O–H groups in total. The third-order valence-corrected chi connectivity index (χ3v) is 3.27. The number of urea groups is 1. The molecular weight excluding hydrogens is 296 g/mol. The summed E-state index contributed by atoms with van der Waals surface area (Å²) in [5.74, 6) is -0.169. The fourth-order valence-electron chi connectivity index (χ4n) is 2.14. The van der Waals surface area contributed by atoms with Crippen molar-refractivity contribution in [2.75, 3.05) is 6.54 Å². The van der Waals surface area contributed by atoms with Crippen molar-refractivity contribution in [3.8, 4) is 0 Å². The third kappa shape index (κ3) is 5.86. The predicted molar refractivity (Wildman–Crippen MR) is 84.7 cm³/mol. The van der Waals surface area contributed by atoms with Crippen LogP contribution >= 0.6 is 0 Å². The van der Waals surface area contributed by atoms with Gasteiger partial charge in [0.1, 0.15) is 5.76 Å². The molecule has 0 saturated heterocycles. The number of nitrogens with one attached hydrogen (secondary N) is 1. The van der Waals surface area contributed by atoms with E-state index in [9.17, 15) is 9.59 Å². The summed E-state index contributed by atoms with van der Waals surface area (Å²) in [6.45, 7) is 1.13. The Kier molecular flexibility index (Phi) is 6.23. The Morgan fingerprint density at radius 2 is 1.87 bits per heavy atom. The van der Waals surface area contributed by atoms with Crippen molar-refractivity contribution in [1.82, 2.24) is 10.2 Å². The van der Waals surface area contributed by atoms with Crippen LogP contribution in [0, 0.1) is 0 Å². The summed E-state index contributed by atoms with van der Waals surface area (Å²) in [4.78, 5) is 24.5. The van der Waals surface area contributed by atoms with E-state index >= 15 is 0 Å². The summed E-state index contributed by atoms with van der Waals surface area (Å²) in [7, 11) is 0. The molecule has 1 aromatic heterocycles. The third-order valence-electron chi connectivity index (χ3n) is 3.27. The summed E-state index contributed by atoms with van der Waals surface area (Å²) in [6, 6.07) is 13.0. The molecule has 0 bridgehead atoms. The zero-order chi connectivity index (χ0) is 16.5. The van der Waals surface area contributed by atoms with Gasteiger partial charge in [-0.3, -0.25) is 4.79 Å². The number of amides is 2. The highest BCUT2D eigenvalue weighted by molar-refractivity contribution is 5.74. The van der Waals surface area contributed by atoms with Gasteiger partial charge in [-0.25, -0.2) is 4.79 Å².